The van der Waals surface area contributed by atoms with Gasteiger partial charge in [-0.25, -0.2) is 9.78 Å². The number of carboxylic acid groups (broad SMARTS) is 1. The summed E-state index contributed by atoms with van der Waals surface area (Å²) >= 11 is 25.5. The highest BCUT2D eigenvalue weighted by molar-refractivity contribution is 6.42. The first kappa shape index (κ1) is 35.6. The van der Waals surface area contributed by atoms with Crippen LogP contribution in [0.3, 0.4) is 0 Å². The van der Waals surface area contributed by atoms with E-state index < -0.39 is 12.1 Å². The van der Waals surface area contributed by atoms with Crippen LogP contribution in [0.2, 0.25) is 20.1 Å². The number of carboxylic acids is 1. The van der Waals surface area contributed by atoms with Crippen molar-refractivity contribution in [2.45, 2.75) is 25.6 Å². The fourth-order valence-corrected chi connectivity index (χ4v) is 6.68. The van der Waals surface area contributed by atoms with Gasteiger partial charge in [-0.05, 0) is 53.4 Å². The van der Waals surface area contributed by atoms with Crippen molar-refractivity contribution in [1.29, 1.82) is 0 Å². The standard InChI is InChI=1S/C33H37Cl4N5O5/c1-18(43)40-5-4-20-14-38-7-9-47-31(20)24-13-29(37)28(36)12-23(24)21-10-25(33(44)45)32(41-16-21)42-17-22-15-39-6-8-46-30(22)19-2-3-26(34)27(35)11-19/h2-3,10-13,16,20,22,30-31,38-39H,4-9,14-15,17H2,1H3,(H,40,43)(H,41,42)(H,44,45)/t20-,22+,30+,31-/m1/s1. The van der Waals surface area contributed by atoms with Crippen molar-refractivity contribution in [3.05, 3.63) is 79.4 Å². The van der Waals surface area contributed by atoms with Gasteiger partial charge in [0.05, 0.1) is 45.5 Å². The predicted molar refractivity (Wildman–Crippen MR) is 185 cm³/mol. The molecule has 3 aromatic rings. The van der Waals surface area contributed by atoms with Crippen molar-refractivity contribution in [2.24, 2.45) is 11.8 Å². The number of hydrogen-bond acceptors (Lipinski definition) is 8. The minimum absolute atomic E-state index is 0.00114. The molecule has 0 bridgehead atoms. The molecule has 2 aliphatic rings. The third-order valence-corrected chi connectivity index (χ3v) is 9.80. The lowest BCUT2D eigenvalue weighted by molar-refractivity contribution is -0.119. The number of benzene rings is 2. The van der Waals surface area contributed by atoms with Gasteiger partial charge in [-0.1, -0.05) is 52.5 Å². The molecule has 3 heterocycles. The van der Waals surface area contributed by atoms with E-state index in [9.17, 15) is 14.7 Å². The number of halogens is 4. The summed E-state index contributed by atoms with van der Waals surface area (Å²) in [6.07, 6.45) is 1.58. The number of rotatable bonds is 10. The number of nitrogens with one attached hydrogen (secondary N) is 4. The van der Waals surface area contributed by atoms with E-state index in [0.717, 1.165) is 11.1 Å². The van der Waals surface area contributed by atoms with Crippen molar-refractivity contribution in [3.8, 4) is 11.1 Å². The van der Waals surface area contributed by atoms with Crippen LogP contribution in [0.15, 0.2) is 42.6 Å². The summed E-state index contributed by atoms with van der Waals surface area (Å²) in [5.74, 6) is -1.10. The quantitative estimate of drug-likeness (QED) is 0.165. The van der Waals surface area contributed by atoms with Crippen LogP contribution < -0.4 is 21.3 Å². The van der Waals surface area contributed by atoms with E-state index in [1.165, 1.54) is 6.92 Å². The first-order valence-corrected chi connectivity index (χ1v) is 16.9. The molecule has 1 amide bonds. The van der Waals surface area contributed by atoms with Crippen molar-refractivity contribution in [1.82, 2.24) is 20.9 Å². The highest BCUT2D eigenvalue weighted by atomic mass is 35.5. The van der Waals surface area contributed by atoms with Gasteiger partial charge in [0.1, 0.15) is 11.4 Å². The Morgan fingerprint density at radius 1 is 0.915 bits per heavy atom. The van der Waals surface area contributed by atoms with Gasteiger partial charge >= 0.3 is 5.97 Å². The second-order valence-corrected chi connectivity index (χ2v) is 13.2. The molecule has 5 rings (SSSR count). The second-order valence-electron chi connectivity index (χ2n) is 11.6. The summed E-state index contributed by atoms with van der Waals surface area (Å²) in [4.78, 5) is 28.7. The number of nitrogens with zero attached hydrogens (tertiary/aromatic N) is 1. The van der Waals surface area contributed by atoms with Crippen molar-refractivity contribution >= 4 is 64.1 Å². The topological polar surface area (TPSA) is 134 Å². The highest BCUT2D eigenvalue weighted by Crippen LogP contribution is 2.41. The molecule has 0 radical (unpaired) electrons. The summed E-state index contributed by atoms with van der Waals surface area (Å²) in [5.41, 5.74) is 2.87. The largest absolute Gasteiger partial charge is 0.478 e. The number of ether oxygens (including phenoxy) is 2. The van der Waals surface area contributed by atoms with E-state index in [4.69, 9.17) is 55.9 Å². The second kappa shape index (κ2) is 16.6. The summed E-state index contributed by atoms with van der Waals surface area (Å²) in [6, 6.07) is 10.5. The van der Waals surface area contributed by atoms with Crippen molar-refractivity contribution in [2.75, 3.05) is 57.8 Å². The molecule has 0 saturated carbocycles. The number of carbonyl (C=O) groups is 2. The van der Waals surface area contributed by atoms with Gasteiger partial charge in [0.2, 0.25) is 5.91 Å². The molecule has 2 aliphatic heterocycles. The molecule has 2 aromatic carbocycles. The lowest BCUT2D eigenvalue weighted by Gasteiger charge is -2.28. The Kier molecular flexibility index (Phi) is 12.6. The van der Waals surface area contributed by atoms with Gasteiger partial charge in [-0.15, -0.1) is 0 Å². The summed E-state index contributed by atoms with van der Waals surface area (Å²) < 4.78 is 12.5. The Balaban J connectivity index is 1.44. The van der Waals surface area contributed by atoms with Crippen LogP contribution in [-0.4, -0.2) is 74.4 Å². The van der Waals surface area contributed by atoms with Crippen molar-refractivity contribution in [3.63, 3.8) is 0 Å². The normalized spacial score (nSPS) is 21.8. The number of aromatic nitrogens is 1. The van der Waals surface area contributed by atoms with Crippen molar-refractivity contribution < 1.29 is 24.2 Å². The van der Waals surface area contributed by atoms with E-state index in [1.807, 2.05) is 6.07 Å². The molecule has 252 valence electrons. The fourth-order valence-electron chi connectivity index (χ4n) is 6.04. The molecule has 10 nitrogen and oxygen atoms in total. The zero-order valence-corrected chi connectivity index (χ0v) is 28.8. The summed E-state index contributed by atoms with van der Waals surface area (Å²) in [6.45, 7) is 5.96. The Morgan fingerprint density at radius 2 is 1.60 bits per heavy atom. The zero-order chi connectivity index (χ0) is 33.5. The maximum absolute atomic E-state index is 12.6. The molecule has 5 N–H and O–H groups in total. The van der Waals surface area contributed by atoms with Crippen LogP contribution in [0.5, 0.6) is 0 Å². The molecule has 14 heteroatoms. The predicted octanol–water partition coefficient (Wildman–Crippen LogP) is 6.25. The van der Waals surface area contributed by atoms with E-state index in [0.29, 0.717) is 90.1 Å². The Hall–Kier alpha value is -2.67. The Labute approximate surface area is 293 Å². The number of carbonyl (C=O) groups excluding carboxylic acids is 1. The maximum atomic E-state index is 12.6. The van der Waals surface area contributed by atoms with Gasteiger partial charge in [-0.3, -0.25) is 4.79 Å². The van der Waals surface area contributed by atoms with Crippen LogP contribution in [-0.2, 0) is 14.3 Å². The molecule has 47 heavy (non-hydrogen) atoms. The first-order valence-electron chi connectivity index (χ1n) is 15.4. The molecule has 0 unspecified atom stereocenters. The van der Waals surface area contributed by atoms with E-state index >= 15 is 0 Å². The molecule has 1 aromatic heterocycles. The molecule has 2 saturated heterocycles. The molecule has 4 atom stereocenters. The average Bonchev–Trinajstić information content (AvgIpc) is 3.43. The minimum Gasteiger partial charge on any atom is -0.478 e. The molecule has 0 spiro atoms. The lowest BCUT2D eigenvalue weighted by Crippen LogP contribution is -2.30. The Morgan fingerprint density at radius 3 is 2.30 bits per heavy atom. The van der Waals surface area contributed by atoms with Crippen LogP contribution in [0.4, 0.5) is 5.82 Å². The SMILES string of the molecule is CC(=O)NCC[C@@H]1CNCCO[C@H]1c1cc(Cl)c(Cl)cc1-c1cnc(NC[C@@H]2CNCCO[C@H]2c2ccc(Cl)c(Cl)c2)c(C(=O)O)c1. The van der Waals surface area contributed by atoms with Crippen LogP contribution >= 0.6 is 46.4 Å². The molecular formula is C33H37Cl4N5O5. The Bertz CT molecular complexity index is 1600. The minimum atomic E-state index is -1.14. The number of anilines is 1. The zero-order valence-electron chi connectivity index (χ0n) is 25.8. The monoisotopic (exact) mass is 723 g/mol. The van der Waals surface area contributed by atoms with Crippen LogP contribution in [0.25, 0.3) is 11.1 Å². The number of hydrogen-bond donors (Lipinski definition) is 5. The summed E-state index contributed by atoms with van der Waals surface area (Å²) in [7, 11) is 0. The lowest BCUT2D eigenvalue weighted by atomic mass is 9.87. The first-order chi connectivity index (χ1) is 22.6. The number of amides is 1. The number of pyridine rings is 1. The van der Waals surface area contributed by atoms with E-state index in [-0.39, 0.29) is 35.2 Å². The third-order valence-electron chi connectivity index (χ3n) is 8.34. The third kappa shape index (κ3) is 9.07. The van der Waals surface area contributed by atoms with Gasteiger partial charge in [0.25, 0.3) is 0 Å². The van der Waals surface area contributed by atoms with Crippen LogP contribution in [0, 0.1) is 11.8 Å². The van der Waals surface area contributed by atoms with Gasteiger partial charge in [0, 0.05) is 69.8 Å². The van der Waals surface area contributed by atoms with Gasteiger partial charge in [-0.2, -0.15) is 0 Å². The molecule has 2 fully saturated rings. The summed E-state index contributed by atoms with van der Waals surface area (Å²) in [5, 5.41) is 24.7. The number of aromatic carboxylic acids is 1. The van der Waals surface area contributed by atoms with Crippen LogP contribution in [0.1, 0.15) is 47.0 Å². The molecular weight excluding hydrogens is 688 g/mol. The highest BCUT2D eigenvalue weighted by Gasteiger charge is 2.31. The van der Waals surface area contributed by atoms with E-state index in [2.05, 4.69) is 26.3 Å². The molecule has 0 aliphatic carbocycles. The van der Waals surface area contributed by atoms with Gasteiger partial charge < -0.3 is 35.8 Å². The van der Waals surface area contributed by atoms with E-state index in [1.54, 1.807) is 36.5 Å². The fraction of sp³-hybridized carbons (Fsp3) is 0.424. The maximum Gasteiger partial charge on any atom is 0.339 e. The average molecular weight is 726 g/mol. The van der Waals surface area contributed by atoms with Gasteiger partial charge in [0.15, 0.2) is 0 Å². The smallest absolute Gasteiger partial charge is 0.339 e.